The number of nitrogens with one attached hydrogen (secondary N) is 1. The Morgan fingerprint density at radius 3 is 2.38 bits per heavy atom. The van der Waals surface area contributed by atoms with Crippen molar-refractivity contribution in [2.45, 2.75) is 45.1 Å². The van der Waals surface area contributed by atoms with Gasteiger partial charge in [0, 0.05) is 7.05 Å². The van der Waals surface area contributed by atoms with Crippen molar-refractivity contribution in [2.75, 3.05) is 18.2 Å². The zero-order valence-electron chi connectivity index (χ0n) is 21.4. The van der Waals surface area contributed by atoms with Gasteiger partial charge in [-0.3, -0.25) is 9.59 Å². The molecule has 3 rings (SSSR count). The molecule has 1 unspecified atom stereocenters. The summed E-state index contributed by atoms with van der Waals surface area (Å²) in [6, 6.07) is 7.20. The van der Waals surface area contributed by atoms with E-state index in [4.69, 9.17) is 19.9 Å². The minimum absolute atomic E-state index is 0.0127. The van der Waals surface area contributed by atoms with Gasteiger partial charge >= 0.3 is 5.97 Å². The van der Waals surface area contributed by atoms with Crippen molar-refractivity contribution in [3.8, 4) is 11.5 Å². The Morgan fingerprint density at radius 1 is 1.14 bits per heavy atom. The average molecular weight is 548 g/mol. The molecule has 2 aromatic heterocycles. The number of hydrogen-bond donors (Lipinski definition) is 2. The number of carbonyl (C=O) groups is 3. The maximum absolute atomic E-state index is 12.7. The molecule has 0 fully saturated rings. The van der Waals surface area contributed by atoms with E-state index < -0.39 is 23.9 Å². The third-order valence-electron chi connectivity index (χ3n) is 5.11. The number of esters is 1. The van der Waals surface area contributed by atoms with Crippen molar-refractivity contribution in [3.63, 3.8) is 0 Å². The third kappa shape index (κ3) is 6.80. The van der Waals surface area contributed by atoms with E-state index in [0.717, 1.165) is 17.1 Å². The summed E-state index contributed by atoms with van der Waals surface area (Å²) in [7, 11) is 3.38. The smallest absolute Gasteiger partial charge is 0.341 e. The van der Waals surface area contributed by atoms with Crippen LogP contribution in [0.1, 0.15) is 58.3 Å². The number of benzene rings is 1. The molecule has 13 heteroatoms. The van der Waals surface area contributed by atoms with Gasteiger partial charge in [0.25, 0.3) is 5.91 Å². The molecule has 2 amide bonds. The predicted octanol–water partition coefficient (Wildman–Crippen LogP) is 3.73. The van der Waals surface area contributed by atoms with Crippen molar-refractivity contribution < 1.29 is 28.6 Å². The zero-order chi connectivity index (χ0) is 27.3. The van der Waals surface area contributed by atoms with E-state index in [0.29, 0.717) is 22.3 Å². The molecule has 3 aromatic rings. The van der Waals surface area contributed by atoms with Crippen molar-refractivity contribution in [3.05, 3.63) is 46.1 Å². The van der Waals surface area contributed by atoms with E-state index in [2.05, 4.69) is 15.5 Å². The molecule has 0 saturated carbocycles. The summed E-state index contributed by atoms with van der Waals surface area (Å²) in [6.45, 7) is 6.86. The van der Waals surface area contributed by atoms with Crippen molar-refractivity contribution in [2.24, 2.45) is 12.8 Å². The second-order valence-electron chi connectivity index (χ2n) is 8.25. The molecule has 2 heterocycles. The third-order valence-corrected chi connectivity index (χ3v) is 7.35. The maximum atomic E-state index is 12.7. The Balaban J connectivity index is 1.67. The molecule has 37 heavy (non-hydrogen) atoms. The highest BCUT2D eigenvalue weighted by Crippen LogP contribution is 2.34. The molecular weight excluding hydrogens is 518 g/mol. The van der Waals surface area contributed by atoms with E-state index in [-0.39, 0.29) is 27.3 Å². The molecule has 11 nitrogen and oxygen atoms in total. The minimum Gasteiger partial charge on any atom is -0.497 e. The Morgan fingerprint density at radius 2 is 1.78 bits per heavy atom. The van der Waals surface area contributed by atoms with Gasteiger partial charge in [-0.15, -0.1) is 21.5 Å². The fraction of sp³-hybridized carbons (Fsp3) is 0.375. The molecule has 1 atom stereocenters. The van der Waals surface area contributed by atoms with Crippen LogP contribution in [-0.4, -0.2) is 51.5 Å². The van der Waals surface area contributed by atoms with Crippen LogP contribution in [0.5, 0.6) is 11.5 Å². The van der Waals surface area contributed by atoms with Crippen LogP contribution in [0.3, 0.4) is 0 Å². The topological polar surface area (TPSA) is 148 Å². The first-order valence-electron chi connectivity index (χ1n) is 11.3. The highest BCUT2D eigenvalue weighted by atomic mass is 32.2. The Bertz CT molecular complexity index is 1290. The predicted molar refractivity (Wildman–Crippen MR) is 141 cm³/mol. The number of anilines is 1. The molecule has 0 bridgehead atoms. The fourth-order valence-electron chi connectivity index (χ4n) is 3.37. The second kappa shape index (κ2) is 12.1. The monoisotopic (exact) mass is 547 g/mol. The fourth-order valence-corrected chi connectivity index (χ4v) is 5.15. The Hall–Kier alpha value is -3.58. The standard InChI is InChI=1S/C24H29N5O6S2/c1-12(2)34-23(32)18-13(3)19(20(25)31)37-22(18)26-17(30)11-36-24-28-27-21(29(24)5)14(4)35-16-9-7-15(33-6)8-10-16/h7-10,12,14H,11H2,1-6H3,(H2,25,31)(H,26,30). The summed E-state index contributed by atoms with van der Waals surface area (Å²) < 4.78 is 18.1. The van der Waals surface area contributed by atoms with E-state index in [1.165, 1.54) is 11.8 Å². The molecule has 0 aliphatic heterocycles. The molecule has 0 saturated heterocycles. The summed E-state index contributed by atoms with van der Waals surface area (Å²) in [6.07, 6.45) is -0.769. The summed E-state index contributed by atoms with van der Waals surface area (Å²) in [5.41, 5.74) is 5.93. The van der Waals surface area contributed by atoms with E-state index in [1.54, 1.807) is 63.8 Å². The van der Waals surface area contributed by atoms with Gasteiger partial charge in [0.15, 0.2) is 17.1 Å². The second-order valence-corrected chi connectivity index (χ2v) is 10.2. The number of nitrogens with two attached hydrogens (primary N) is 1. The van der Waals surface area contributed by atoms with Gasteiger partial charge in [0.1, 0.15) is 16.5 Å². The van der Waals surface area contributed by atoms with Crippen LogP contribution in [0.2, 0.25) is 0 Å². The molecule has 1 aromatic carbocycles. The van der Waals surface area contributed by atoms with Crippen molar-refractivity contribution in [1.82, 2.24) is 14.8 Å². The molecule has 0 aliphatic rings. The van der Waals surface area contributed by atoms with Crippen LogP contribution in [0.4, 0.5) is 5.00 Å². The van der Waals surface area contributed by atoms with Gasteiger partial charge in [-0.25, -0.2) is 4.79 Å². The Kier molecular flexibility index (Phi) is 9.16. The molecular formula is C24H29N5O6S2. The van der Waals surface area contributed by atoms with Crippen LogP contribution >= 0.6 is 23.1 Å². The molecule has 198 valence electrons. The normalized spacial score (nSPS) is 11.8. The highest BCUT2D eigenvalue weighted by Gasteiger charge is 2.26. The number of amides is 2. The van der Waals surface area contributed by atoms with E-state index in [9.17, 15) is 14.4 Å². The van der Waals surface area contributed by atoms with E-state index in [1.807, 2.05) is 6.92 Å². The molecule has 0 aliphatic carbocycles. The lowest BCUT2D eigenvalue weighted by molar-refractivity contribution is -0.113. The van der Waals surface area contributed by atoms with Gasteiger partial charge in [-0.05, 0) is 57.5 Å². The number of nitrogens with zero attached hydrogens (tertiary/aromatic N) is 3. The minimum atomic E-state index is -0.687. The maximum Gasteiger partial charge on any atom is 0.341 e. The van der Waals surface area contributed by atoms with Gasteiger partial charge < -0.3 is 29.8 Å². The Labute approximate surface area is 222 Å². The summed E-state index contributed by atoms with van der Waals surface area (Å²) in [4.78, 5) is 37.3. The number of aromatic nitrogens is 3. The summed E-state index contributed by atoms with van der Waals surface area (Å²) in [5, 5.41) is 11.8. The number of primary amides is 1. The van der Waals surface area contributed by atoms with Gasteiger partial charge in [0.2, 0.25) is 5.91 Å². The first-order chi connectivity index (χ1) is 17.5. The SMILES string of the molecule is COc1ccc(OC(C)c2nnc(SCC(=O)Nc3sc(C(N)=O)c(C)c3C(=O)OC(C)C)n2C)cc1. The number of hydrogen-bond acceptors (Lipinski definition) is 10. The first kappa shape index (κ1) is 28.0. The van der Waals surface area contributed by atoms with Crippen LogP contribution in [0.15, 0.2) is 29.4 Å². The number of carbonyl (C=O) groups excluding carboxylic acids is 3. The quantitative estimate of drug-likeness (QED) is 0.271. The lowest BCUT2D eigenvalue weighted by atomic mass is 10.1. The van der Waals surface area contributed by atoms with Gasteiger partial charge in [-0.2, -0.15) is 0 Å². The summed E-state index contributed by atoms with van der Waals surface area (Å²) >= 11 is 2.11. The highest BCUT2D eigenvalue weighted by molar-refractivity contribution is 7.99. The number of thioether (sulfide) groups is 1. The average Bonchev–Trinajstić information content (AvgIpc) is 3.37. The van der Waals surface area contributed by atoms with Gasteiger partial charge in [-0.1, -0.05) is 11.8 Å². The number of rotatable bonds is 11. The first-order valence-corrected chi connectivity index (χ1v) is 13.1. The van der Waals surface area contributed by atoms with Crippen LogP contribution in [0.25, 0.3) is 0 Å². The van der Waals surface area contributed by atoms with E-state index >= 15 is 0 Å². The number of methoxy groups -OCH3 is 1. The lowest BCUT2D eigenvalue weighted by Crippen LogP contribution is -2.18. The van der Waals surface area contributed by atoms with Crippen molar-refractivity contribution in [1.29, 1.82) is 0 Å². The largest absolute Gasteiger partial charge is 0.497 e. The van der Waals surface area contributed by atoms with Crippen LogP contribution in [0, 0.1) is 6.92 Å². The van der Waals surface area contributed by atoms with Crippen LogP contribution < -0.4 is 20.5 Å². The lowest BCUT2D eigenvalue weighted by Gasteiger charge is -2.14. The molecule has 0 spiro atoms. The number of thiophene rings is 1. The van der Waals surface area contributed by atoms with Crippen LogP contribution in [-0.2, 0) is 16.6 Å². The molecule has 3 N–H and O–H groups in total. The zero-order valence-corrected chi connectivity index (χ0v) is 23.0. The summed E-state index contributed by atoms with van der Waals surface area (Å²) in [5.74, 6) is 0.226. The molecule has 0 radical (unpaired) electrons. The van der Waals surface area contributed by atoms with Gasteiger partial charge in [0.05, 0.1) is 29.4 Å². The number of ether oxygens (including phenoxy) is 3. The van der Waals surface area contributed by atoms with Crippen molar-refractivity contribution >= 4 is 45.9 Å².